The van der Waals surface area contributed by atoms with E-state index in [1.165, 1.54) is 6.42 Å². The summed E-state index contributed by atoms with van der Waals surface area (Å²) < 4.78 is 5.77. The Morgan fingerprint density at radius 3 is 2.65 bits per heavy atom. The Morgan fingerprint density at radius 2 is 2.00 bits per heavy atom. The molecule has 1 aliphatic carbocycles. The molecule has 0 saturated heterocycles. The molecule has 4 heteroatoms. The third-order valence-electron chi connectivity index (χ3n) is 4.22. The second-order valence-electron chi connectivity index (χ2n) is 6.21. The van der Waals surface area contributed by atoms with E-state index in [0.717, 1.165) is 17.1 Å². The summed E-state index contributed by atoms with van der Waals surface area (Å²) in [6, 6.07) is 11.4. The summed E-state index contributed by atoms with van der Waals surface area (Å²) in [6.45, 7) is 2.77. The van der Waals surface area contributed by atoms with Crippen molar-refractivity contribution < 1.29 is 9.21 Å². The molecule has 1 aromatic heterocycles. The number of carbonyl (C=O) groups excluding carboxylic acids is 1. The average molecular weight is 330 g/mol. The predicted octanol–water partition coefficient (Wildman–Crippen LogP) is 4.73. The zero-order valence-corrected chi connectivity index (χ0v) is 14.1. The zero-order chi connectivity index (χ0) is 16.4. The van der Waals surface area contributed by atoms with Crippen LogP contribution in [0.3, 0.4) is 0 Å². The summed E-state index contributed by atoms with van der Waals surface area (Å²) in [7, 11) is 1.78. The summed E-state index contributed by atoms with van der Waals surface area (Å²) >= 11 is 5.86. The topological polar surface area (TPSA) is 33.5 Å². The van der Waals surface area contributed by atoms with Crippen molar-refractivity contribution in [2.45, 2.75) is 25.8 Å². The van der Waals surface area contributed by atoms with Gasteiger partial charge in [-0.1, -0.05) is 30.7 Å². The Hall–Kier alpha value is -2.00. The van der Waals surface area contributed by atoms with Gasteiger partial charge in [0.05, 0.1) is 0 Å². The van der Waals surface area contributed by atoms with Gasteiger partial charge in [-0.3, -0.25) is 4.79 Å². The van der Waals surface area contributed by atoms with Crippen LogP contribution in [0.5, 0.6) is 0 Å². The average Bonchev–Trinajstić information content (AvgIpc) is 3.08. The summed E-state index contributed by atoms with van der Waals surface area (Å²) in [4.78, 5) is 13.8. The van der Waals surface area contributed by atoms with Gasteiger partial charge in [0.1, 0.15) is 11.5 Å². The lowest BCUT2D eigenvalue weighted by Crippen LogP contribution is -2.24. The number of likely N-dealkylation sites (N-methyl/N-ethyl adjacent to an activating group) is 1. The SMILES string of the molecule is CC1CC1c1ccc(/C=C/C(=O)N(C)Cc2ccc(Cl)cc2)o1. The molecule has 2 unspecified atom stereocenters. The second-order valence-corrected chi connectivity index (χ2v) is 6.65. The van der Waals surface area contributed by atoms with E-state index in [9.17, 15) is 4.79 Å². The van der Waals surface area contributed by atoms with E-state index in [1.807, 2.05) is 36.4 Å². The molecule has 1 heterocycles. The van der Waals surface area contributed by atoms with Gasteiger partial charge in [0, 0.05) is 30.6 Å². The monoisotopic (exact) mass is 329 g/mol. The summed E-state index contributed by atoms with van der Waals surface area (Å²) in [6.07, 6.45) is 4.48. The fourth-order valence-electron chi connectivity index (χ4n) is 2.60. The molecule has 120 valence electrons. The lowest BCUT2D eigenvalue weighted by atomic mass is 10.2. The molecular formula is C19H20ClNO2. The molecule has 2 atom stereocenters. The molecule has 3 rings (SSSR count). The molecule has 0 bridgehead atoms. The van der Waals surface area contributed by atoms with Gasteiger partial charge in [0.15, 0.2) is 0 Å². The van der Waals surface area contributed by atoms with Gasteiger partial charge in [-0.25, -0.2) is 0 Å². The van der Waals surface area contributed by atoms with Gasteiger partial charge < -0.3 is 9.32 Å². The van der Waals surface area contributed by atoms with E-state index in [-0.39, 0.29) is 5.91 Å². The molecule has 1 saturated carbocycles. The zero-order valence-electron chi connectivity index (χ0n) is 13.3. The smallest absolute Gasteiger partial charge is 0.246 e. The van der Waals surface area contributed by atoms with Gasteiger partial charge in [-0.05, 0) is 48.2 Å². The minimum absolute atomic E-state index is 0.0577. The van der Waals surface area contributed by atoms with Crippen molar-refractivity contribution in [2.75, 3.05) is 7.05 Å². The van der Waals surface area contributed by atoms with Gasteiger partial charge in [-0.15, -0.1) is 0 Å². The minimum Gasteiger partial charge on any atom is -0.461 e. The van der Waals surface area contributed by atoms with Gasteiger partial charge in [0.25, 0.3) is 0 Å². The summed E-state index contributed by atoms with van der Waals surface area (Å²) in [5, 5.41) is 0.696. The molecule has 3 nitrogen and oxygen atoms in total. The first kappa shape index (κ1) is 15.9. The van der Waals surface area contributed by atoms with Crippen LogP contribution >= 0.6 is 11.6 Å². The lowest BCUT2D eigenvalue weighted by molar-refractivity contribution is -0.125. The van der Waals surface area contributed by atoms with Crippen LogP contribution in [0.4, 0.5) is 0 Å². The number of rotatable bonds is 5. The van der Waals surface area contributed by atoms with E-state index in [1.54, 1.807) is 24.1 Å². The maximum atomic E-state index is 12.2. The molecule has 0 radical (unpaired) electrons. The van der Waals surface area contributed by atoms with Crippen molar-refractivity contribution in [3.05, 3.63) is 64.6 Å². The third kappa shape index (κ3) is 4.05. The van der Waals surface area contributed by atoms with Crippen LogP contribution in [0.25, 0.3) is 6.08 Å². The number of carbonyl (C=O) groups is 1. The molecular weight excluding hydrogens is 310 g/mol. The van der Waals surface area contributed by atoms with Crippen LogP contribution in [-0.2, 0) is 11.3 Å². The number of furan rings is 1. The first-order valence-corrected chi connectivity index (χ1v) is 8.18. The van der Waals surface area contributed by atoms with Crippen LogP contribution in [-0.4, -0.2) is 17.9 Å². The molecule has 0 spiro atoms. The summed E-state index contributed by atoms with van der Waals surface area (Å²) in [5.74, 6) is 2.97. The first-order chi connectivity index (χ1) is 11.0. The summed E-state index contributed by atoms with van der Waals surface area (Å²) in [5.41, 5.74) is 1.04. The molecule has 1 amide bonds. The molecule has 1 fully saturated rings. The maximum Gasteiger partial charge on any atom is 0.246 e. The standard InChI is InChI=1S/C19H20ClNO2/c1-13-11-17(13)18-9-7-16(23-18)8-10-19(22)21(2)12-14-3-5-15(20)6-4-14/h3-10,13,17H,11-12H2,1-2H3/b10-8+. The van der Waals surface area contributed by atoms with Crippen molar-refractivity contribution in [1.82, 2.24) is 4.90 Å². The highest BCUT2D eigenvalue weighted by Gasteiger charge is 2.36. The number of hydrogen-bond donors (Lipinski definition) is 0. The molecule has 2 aromatic rings. The Labute approximate surface area is 141 Å². The van der Waals surface area contributed by atoms with Gasteiger partial charge in [-0.2, -0.15) is 0 Å². The fourth-order valence-corrected chi connectivity index (χ4v) is 2.72. The molecule has 0 N–H and O–H groups in total. The quantitative estimate of drug-likeness (QED) is 0.743. The minimum atomic E-state index is -0.0577. The van der Waals surface area contributed by atoms with Crippen molar-refractivity contribution in [2.24, 2.45) is 5.92 Å². The second kappa shape index (κ2) is 6.63. The van der Waals surface area contributed by atoms with Crippen molar-refractivity contribution in [1.29, 1.82) is 0 Å². The highest BCUT2D eigenvalue weighted by atomic mass is 35.5. The van der Waals surface area contributed by atoms with Gasteiger partial charge in [0.2, 0.25) is 5.91 Å². The number of halogens is 1. The number of amides is 1. The third-order valence-corrected chi connectivity index (χ3v) is 4.47. The van der Waals surface area contributed by atoms with Crippen molar-refractivity contribution in [3.63, 3.8) is 0 Å². The van der Waals surface area contributed by atoms with E-state index >= 15 is 0 Å². The molecule has 1 aliphatic rings. The van der Waals surface area contributed by atoms with Crippen molar-refractivity contribution in [3.8, 4) is 0 Å². The number of benzene rings is 1. The van der Waals surface area contributed by atoms with Crippen LogP contribution in [0.15, 0.2) is 46.9 Å². The predicted molar refractivity (Wildman–Crippen MR) is 92.2 cm³/mol. The van der Waals surface area contributed by atoms with E-state index in [0.29, 0.717) is 23.4 Å². The lowest BCUT2D eigenvalue weighted by Gasteiger charge is -2.15. The number of nitrogens with zero attached hydrogens (tertiary/aromatic N) is 1. The van der Waals surface area contributed by atoms with E-state index in [2.05, 4.69) is 6.92 Å². The van der Waals surface area contributed by atoms with Crippen LogP contribution in [0, 0.1) is 5.92 Å². The number of hydrogen-bond acceptors (Lipinski definition) is 2. The normalized spacial score (nSPS) is 20.0. The maximum absolute atomic E-state index is 12.2. The fraction of sp³-hybridized carbons (Fsp3) is 0.316. The van der Waals surface area contributed by atoms with Gasteiger partial charge >= 0.3 is 0 Å². The Balaban J connectivity index is 1.57. The van der Waals surface area contributed by atoms with E-state index < -0.39 is 0 Å². The molecule has 1 aromatic carbocycles. The first-order valence-electron chi connectivity index (χ1n) is 7.80. The molecule has 0 aliphatic heterocycles. The van der Waals surface area contributed by atoms with Crippen LogP contribution < -0.4 is 0 Å². The Bertz CT molecular complexity index is 717. The van der Waals surface area contributed by atoms with Crippen LogP contribution in [0.2, 0.25) is 5.02 Å². The van der Waals surface area contributed by atoms with Crippen LogP contribution in [0.1, 0.15) is 36.3 Å². The largest absolute Gasteiger partial charge is 0.461 e. The van der Waals surface area contributed by atoms with E-state index in [4.69, 9.17) is 16.0 Å². The van der Waals surface area contributed by atoms with Crippen molar-refractivity contribution >= 4 is 23.6 Å². The Morgan fingerprint density at radius 1 is 1.30 bits per heavy atom. The highest BCUT2D eigenvalue weighted by Crippen LogP contribution is 2.47. The Kier molecular flexibility index (Phi) is 4.58. The molecule has 23 heavy (non-hydrogen) atoms. The highest BCUT2D eigenvalue weighted by molar-refractivity contribution is 6.30.